The van der Waals surface area contributed by atoms with Crippen molar-refractivity contribution in [2.75, 3.05) is 26.2 Å². The van der Waals surface area contributed by atoms with Crippen LogP contribution >= 0.6 is 31.9 Å². The molecule has 0 spiro atoms. The zero-order chi connectivity index (χ0) is 19.1. The average molecular weight is 481 g/mol. The fraction of sp³-hybridized carbons (Fsp3) is 0.400. The van der Waals surface area contributed by atoms with Crippen molar-refractivity contribution in [1.29, 1.82) is 0 Å². The van der Waals surface area contributed by atoms with Crippen LogP contribution in [0, 0.1) is 6.92 Å². The van der Waals surface area contributed by atoms with Crippen molar-refractivity contribution < 1.29 is 6.17 Å². The van der Waals surface area contributed by atoms with Crippen LogP contribution in [-0.2, 0) is 17.6 Å². The Kier molecular flexibility index (Phi) is 4.82. The fourth-order valence-electron chi connectivity index (χ4n) is 4.11. The van der Waals surface area contributed by atoms with Crippen molar-refractivity contribution in [1.82, 2.24) is 14.8 Å². The molecule has 136 valence electrons. The Morgan fingerprint density at radius 3 is 2.62 bits per heavy atom. The van der Waals surface area contributed by atoms with Gasteiger partial charge in [-0.3, -0.25) is 14.7 Å². The van der Waals surface area contributed by atoms with E-state index in [1.807, 2.05) is 6.20 Å². The minimum Gasteiger partial charge on any atom is -0.343 e. The number of halogens is 2. The van der Waals surface area contributed by atoms with Crippen LogP contribution in [0.25, 0.3) is 0 Å². The monoisotopic (exact) mass is 479 g/mol. The summed E-state index contributed by atoms with van der Waals surface area (Å²) in [6, 6.07) is 6.71. The maximum absolute atomic E-state index is 11.4. The highest BCUT2D eigenvalue weighted by atomic mass is 79.9. The van der Waals surface area contributed by atoms with Crippen LogP contribution < -0.4 is 0 Å². The maximum Gasteiger partial charge on any atom is 0.209 e. The second kappa shape index (κ2) is 7.41. The van der Waals surface area contributed by atoms with Crippen LogP contribution in [0.5, 0.6) is 0 Å². The predicted molar refractivity (Wildman–Crippen MR) is 109 cm³/mol. The number of amides is 1. The zero-order valence-corrected chi connectivity index (χ0v) is 17.8. The van der Waals surface area contributed by atoms with Crippen molar-refractivity contribution in [3.63, 3.8) is 0 Å². The third-order valence-corrected chi connectivity index (χ3v) is 6.42. The number of piperazine rings is 1. The SMILES string of the molecule is [3H]C(=O)N1CCN(C2c3ncc(Br)cc3CCc3cc(C)cc(Br)c32)CC1. The first kappa shape index (κ1) is 16.9. The predicted octanol–water partition coefficient (Wildman–Crippen LogP) is 3.88. The molecular weight excluding hydrogens is 458 g/mol. The molecule has 2 aromatic rings. The molecule has 0 saturated carbocycles. The molecule has 1 amide bonds. The topological polar surface area (TPSA) is 36.4 Å². The molecular formula is C20H21Br2N3O. The van der Waals surface area contributed by atoms with Crippen LogP contribution in [0.4, 0.5) is 0 Å². The summed E-state index contributed by atoms with van der Waals surface area (Å²) in [6.07, 6.45) is 3.24. The standard InChI is InChI=1S/C20H21Br2N3O/c1-13-8-14-2-3-15-10-16(21)11-23-19(15)20(18(14)17(22)9-13)25-6-4-24(12-26)5-7-25/h8-12,20H,2-7H2,1H3/i12T. The minimum atomic E-state index is -0.588. The smallest absolute Gasteiger partial charge is 0.209 e. The summed E-state index contributed by atoms with van der Waals surface area (Å²) >= 11 is 7.38. The Labute approximate surface area is 172 Å². The first-order valence-corrected chi connectivity index (χ1v) is 10.5. The summed E-state index contributed by atoms with van der Waals surface area (Å²) in [4.78, 5) is 20.2. The van der Waals surface area contributed by atoms with Gasteiger partial charge in [0.2, 0.25) is 6.39 Å². The Bertz CT molecular complexity index is 897. The first-order valence-electron chi connectivity index (χ1n) is 9.37. The molecule has 4 rings (SSSR count). The van der Waals surface area contributed by atoms with E-state index in [0.29, 0.717) is 13.1 Å². The number of pyridine rings is 1. The highest BCUT2D eigenvalue weighted by molar-refractivity contribution is 9.10. The lowest BCUT2D eigenvalue weighted by atomic mass is 9.94. The second-order valence-corrected chi connectivity index (χ2v) is 8.80. The molecule has 1 aromatic heterocycles. The summed E-state index contributed by atoms with van der Waals surface area (Å²) in [5.41, 5.74) is 6.28. The first-order chi connectivity index (χ1) is 12.9. The number of carbonyl (C=O) groups is 1. The number of aromatic nitrogens is 1. The average Bonchev–Trinajstić information content (AvgIpc) is 2.78. The number of aryl methyl sites for hydroxylation is 3. The largest absolute Gasteiger partial charge is 0.343 e. The molecule has 4 nitrogen and oxygen atoms in total. The molecule has 2 heterocycles. The lowest BCUT2D eigenvalue weighted by molar-refractivity contribution is -0.119. The van der Waals surface area contributed by atoms with E-state index >= 15 is 0 Å². The van der Waals surface area contributed by atoms with E-state index in [9.17, 15) is 4.79 Å². The van der Waals surface area contributed by atoms with E-state index in [1.165, 1.54) is 22.3 Å². The number of hydrogen-bond donors (Lipinski definition) is 0. The van der Waals surface area contributed by atoms with Gasteiger partial charge in [0.25, 0.3) is 0 Å². The van der Waals surface area contributed by atoms with Gasteiger partial charge in [0.15, 0.2) is 0 Å². The third-order valence-electron chi connectivity index (χ3n) is 5.33. The summed E-state index contributed by atoms with van der Waals surface area (Å²) < 4.78 is 9.51. The quantitative estimate of drug-likeness (QED) is 0.581. The van der Waals surface area contributed by atoms with Gasteiger partial charge >= 0.3 is 0 Å². The Morgan fingerprint density at radius 1 is 1.15 bits per heavy atom. The van der Waals surface area contributed by atoms with Gasteiger partial charge in [-0.1, -0.05) is 22.0 Å². The number of nitrogens with zero attached hydrogens (tertiary/aromatic N) is 3. The van der Waals surface area contributed by atoms with Gasteiger partial charge in [0.05, 0.1) is 11.7 Å². The second-order valence-electron chi connectivity index (χ2n) is 7.03. The zero-order valence-electron chi connectivity index (χ0n) is 15.6. The lowest BCUT2D eigenvalue weighted by Gasteiger charge is -2.39. The van der Waals surface area contributed by atoms with E-state index < -0.39 is 6.39 Å². The highest BCUT2D eigenvalue weighted by Gasteiger charge is 2.33. The van der Waals surface area contributed by atoms with E-state index in [-0.39, 0.29) is 6.04 Å². The van der Waals surface area contributed by atoms with Gasteiger partial charge in [0, 0.05) is 41.3 Å². The number of fused-ring (bicyclic) bond motifs is 2. The van der Waals surface area contributed by atoms with E-state index in [0.717, 1.165) is 40.6 Å². The van der Waals surface area contributed by atoms with Gasteiger partial charge < -0.3 is 4.90 Å². The van der Waals surface area contributed by atoms with E-state index in [1.54, 1.807) is 4.90 Å². The molecule has 1 fully saturated rings. The molecule has 0 N–H and O–H groups in total. The van der Waals surface area contributed by atoms with Gasteiger partial charge in [-0.15, -0.1) is 0 Å². The summed E-state index contributed by atoms with van der Waals surface area (Å²) in [5, 5.41) is 0. The summed E-state index contributed by atoms with van der Waals surface area (Å²) in [6.45, 7) is 4.79. The van der Waals surface area contributed by atoms with Crippen molar-refractivity contribution in [2.24, 2.45) is 0 Å². The molecule has 1 aromatic carbocycles. The Morgan fingerprint density at radius 2 is 1.88 bits per heavy atom. The van der Waals surface area contributed by atoms with Crippen LogP contribution in [0.15, 0.2) is 33.3 Å². The third kappa shape index (κ3) is 3.35. The van der Waals surface area contributed by atoms with E-state index in [2.05, 4.69) is 61.9 Å². The molecule has 1 aliphatic carbocycles. The van der Waals surface area contributed by atoms with Crippen molar-refractivity contribution in [3.8, 4) is 0 Å². The van der Waals surface area contributed by atoms with Crippen molar-refractivity contribution in [2.45, 2.75) is 25.8 Å². The number of benzene rings is 1. The molecule has 1 atom stereocenters. The Hall–Kier alpha value is -1.24. The van der Waals surface area contributed by atoms with E-state index in [4.69, 9.17) is 6.35 Å². The van der Waals surface area contributed by atoms with Crippen LogP contribution in [-0.4, -0.2) is 47.3 Å². The molecule has 1 aliphatic heterocycles. The van der Waals surface area contributed by atoms with Crippen molar-refractivity contribution in [3.05, 3.63) is 61.3 Å². The summed E-state index contributed by atoms with van der Waals surface area (Å²) in [7, 11) is 0. The molecule has 1 unspecified atom stereocenters. The number of carbonyl (C=O) groups excluding carboxylic acids is 1. The fourth-order valence-corrected chi connectivity index (χ4v) is 5.32. The van der Waals surface area contributed by atoms with Gasteiger partial charge in [0.1, 0.15) is 1.37 Å². The minimum absolute atomic E-state index is 0.0589. The molecule has 1 saturated heterocycles. The lowest BCUT2D eigenvalue weighted by Crippen LogP contribution is -2.47. The molecule has 2 aliphatic rings. The van der Waals surface area contributed by atoms with Crippen LogP contribution in [0.2, 0.25) is 0 Å². The van der Waals surface area contributed by atoms with Gasteiger partial charge in [-0.25, -0.2) is 0 Å². The normalized spacial score (nSPS) is 20.8. The van der Waals surface area contributed by atoms with Crippen LogP contribution in [0.1, 0.15) is 35.4 Å². The Balaban J connectivity index is 1.80. The number of hydrogen-bond acceptors (Lipinski definition) is 3. The molecule has 26 heavy (non-hydrogen) atoms. The van der Waals surface area contributed by atoms with Crippen LogP contribution in [0.3, 0.4) is 0 Å². The maximum atomic E-state index is 11.4. The molecule has 0 bridgehead atoms. The number of rotatable bonds is 1. The molecule has 6 heteroatoms. The molecule has 0 radical (unpaired) electrons. The summed E-state index contributed by atoms with van der Waals surface area (Å²) in [5.74, 6) is 0. The highest BCUT2D eigenvalue weighted by Crippen LogP contribution is 2.41. The van der Waals surface area contributed by atoms with Gasteiger partial charge in [-0.05, 0) is 70.1 Å². The van der Waals surface area contributed by atoms with Gasteiger partial charge in [-0.2, -0.15) is 0 Å². The van der Waals surface area contributed by atoms with Crippen molar-refractivity contribution >= 4 is 38.2 Å².